The maximum atomic E-state index is 12.6. The largest absolute Gasteiger partial charge is 0.451 e. The van der Waals surface area contributed by atoms with E-state index in [2.05, 4.69) is 15.3 Å². The lowest BCUT2D eigenvalue weighted by Gasteiger charge is -2.10. The number of nitrogens with zero attached hydrogens (tertiary/aromatic N) is 2. The van der Waals surface area contributed by atoms with Crippen molar-refractivity contribution >= 4 is 16.7 Å². The number of alkyl halides is 3. The second kappa shape index (κ2) is 3.87. The molecule has 0 radical (unpaired) electrons. The molecule has 1 aromatic heterocycles. The predicted molar refractivity (Wildman–Crippen MR) is 58.8 cm³/mol. The minimum atomic E-state index is -4.54. The molecule has 0 atom stereocenters. The number of nitrogens with one attached hydrogen (secondary N) is 1. The van der Waals surface area contributed by atoms with Crippen LogP contribution in [0.25, 0.3) is 10.9 Å². The Morgan fingerprint density at radius 3 is 2.47 bits per heavy atom. The number of aryl methyl sites for hydroxylation is 1. The Kier molecular flexibility index (Phi) is 2.65. The minimum absolute atomic E-state index is 0.186. The number of halogens is 3. The first-order valence-corrected chi connectivity index (χ1v) is 4.95. The van der Waals surface area contributed by atoms with Gasteiger partial charge in [-0.1, -0.05) is 11.6 Å². The molecule has 0 aliphatic heterocycles. The first-order valence-electron chi connectivity index (χ1n) is 4.95. The Labute approximate surface area is 95.7 Å². The number of benzene rings is 1. The van der Waals surface area contributed by atoms with Crippen molar-refractivity contribution in [1.29, 1.82) is 0 Å². The number of anilines is 1. The molecule has 1 aromatic carbocycles. The zero-order valence-corrected chi connectivity index (χ0v) is 9.26. The van der Waals surface area contributed by atoms with Gasteiger partial charge in [0.25, 0.3) is 0 Å². The molecule has 0 saturated carbocycles. The zero-order valence-electron chi connectivity index (χ0n) is 9.26. The van der Waals surface area contributed by atoms with Crippen LogP contribution in [-0.4, -0.2) is 17.0 Å². The van der Waals surface area contributed by atoms with E-state index in [-0.39, 0.29) is 11.3 Å². The highest BCUT2D eigenvalue weighted by Crippen LogP contribution is 2.30. The van der Waals surface area contributed by atoms with Crippen molar-refractivity contribution in [3.05, 3.63) is 29.6 Å². The summed E-state index contributed by atoms with van der Waals surface area (Å²) in [5.74, 6) is -0.941. The monoisotopic (exact) mass is 241 g/mol. The molecule has 0 amide bonds. The Morgan fingerprint density at radius 1 is 1.18 bits per heavy atom. The van der Waals surface area contributed by atoms with Gasteiger partial charge >= 0.3 is 6.18 Å². The summed E-state index contributed by atoms with van der Waals surface area (Å²) >= 11 is 0. The number of rotatable bonds is 1. The van der Waals surface area contributed by atoms with Crippen molar-refractivity contribution in [3.63, 3.8) is 0 Å². The zero-order chi connectivity index (χ0) is 12.6. The summed E-state index contributed by atoms with van der Waals surface area (Å²) in [5, 5.41) is 3.24. The molecule has 0 aliphatic carbocycles. The molecular weight excluding hydrogens is 231 g/mol. The van der Waals surface area contributed by atoms with E-state index < -0.39 is 12.0 Å². The van der Waals surface area contributed by atoms with E-state index in [0.29, 0.717) is 5.39 Å². The van der Waals surface area contributed by atoms with Gasteiger partial charge in [-0.05, 0) is 19.1 Å². The molecule has 1 heterocycles. The number of fused-ring (bicyclic) bond motifs is 1. The Morgan fingerprint density at radius 2 is 1.88 bits per heavy atom. The lowest BCUT2D eigenvalue weighted by Crippen LogP contribution is -2.12. The Balaban J connectivity index is 2.75. The van der Waals surface area contributed by atoms with E-state index in [4.69, 9.17) is 0 Å². The third-order valence-electron chi connectivity index (χ3n) is 2.34. The first-order chi connectivity index (χ1) is 7.91. The third kappa shape index (κ3) is 2.15. The smallest absolute Gasteiger partial charge is 0.373 e. The molecule has 1 N–H and O–H groups in total. The van der Waals surface area contributed by atoms with Gasteiger partial charge in [0.05, 0.1) is 5.52 Å². The van der Waals surface area contributed by atoms with Crippen molar-refractivity contribution in [2.45, 2.75) is 13.1 Å². The predicted octanol–water partition coefficient (Wildman–Crippen LogP) is 3.00. The van der Waals surface area contributed by atoms with Crippen molar-refractivity contribution in [2.24, 2.45) is 0 Å². The van der Waals surface area contributed by atoms with Crippen molar-refractivity contribution in [3.8, 4) is 0 Å². The summed E-state index contributed by atoms with van der Waals surface area (Å²) in [6.45, 7) is 1.86. The molecule has 3 nitrogen and oxygen atoms in total. The summed E-state index contributed by atoms with van der Waals surface area (Å²) in [5.41, 5.74) is 1.22. The van der Waals surface area contributed by atoms with Gasteiger partial charge in [0.2, 0.25) is 5.82 Å². The van der Waals surface area contributed by atoms with Crippen LogP contribution in [0.2, 0.25) is 0 Å². The molecule has 0 aliphatic rings. The average Bonchev–Trinajstić information content (AvgIpc) is 2.26. The van der Waals surface area contributed by atoms with Crippen LogP contribution < -0.4 is 5.32 Å². The lowest BCUT2D eigenvalue weighted by atomic mass is 10.1. The summed E-state index contributed by atoms with van der Waals surface area (Å²) in [6.07, 6.45) is -4.54. The van der Waals surface area contributed by atoms with E-state index in [9.17, 15) is 13.2 Å². The quantitative estimate of drug-likeness (QED) is 0.834. The van der Waals surface area contributed by atoms with Crippen LogP contribution in [0.1, 0.15) is 11.4 Å². The molecule has 2 aromatic rings. The van der Waals surface area contributed by atoms with Crippen LogP contribution in [-0.2, 0) is 6.18 Å². The van der Waals surface area contributed by atoms with Gasteiger partial charge in [-0.25, -0.2) is 9.97 Å². The highest BCUT2D eigenvalue weighted by Gasteiger charge is 2.35. The number of hydrogen-bond donors (Lipinski definition) is 1. The van der Waals surface area contributed by atoms with Gasteiger partial charge in [-0.15, -0.1) is 0 Å². The molecule has 90 valence electrons. The molecule has 0 unspecified atom stereocenters. The second-order valence-corrected chi connectivity index (χ2v) is 3.66. The molecule has 0 bridgehead atoms. The van der Waals surface area contributed by atoms with Gasteiger partial charge in [0.15, 0.2) is 0 Å². The van der Waals surface area contributed by atoms with Crippen LogP contribution in [0, 0.1) is 6.92 Å². The highest BCUT2D eigenvalue weighted by molar-refractivity contribution is 5.89. The molecule has 0 fully saturated rings. The minimum Gasteiger partial charge on any atom is -0.373 e. The summed E-state index contributed by atoms with van der Waals surface area (Å²) in [6, 6.07) is 5.03. The molecule has 0 saturated heterocycles. The molecule has 0 spiro atoms. The molecule has 2 rings (SSSR count). The Hall–Kier alpha value is -1.85. The van der Waals surface area contributed by atoms with Gasteiger partial charge in [0, 0.05) is 12.4 Å². The van der Waals surface area contributed by atoms with E-state index >= 15 is 0 Å². The topological polar surface area (TPSA) is 37.8 Å². The molecule has 17 heavy (non-hydrogen) atoms. The van der Waals surface area contributed by atoms with Crippen LogP contribution in [0.3, 0.4) is 0 Å². The maximum Gasteiger partial charge on any atom is 0.451 e. The Bertz CT molecular complexity index is 564. The highest BCUT2D eigenvalue weighted by atomic mass is 19.4. The first kappa shape index (κ1) is 11.6. The standard InChI is InChI=1S/C11H10F3N3/c1-6-3-4-8-7(5-6)9(15-2)17-10(16-8)11(12,13)14/h3-5H,1-2H3,(H,15,16,17). The van der Waals surface area contributed by atoms with E-state index in [1.165, 1.54) is 7.05 Å². The van der Waals surface area contributed by atoms with E-state index in [1.807, 2.05) is 6.92 Å². The van der Waals surface area contributed by atoms with Crippen molar-refractivity contribution in [2.75, 3.05) is 12.4 Å². The average molecular weight is 241 g/mol. The van der Waals surface area contributed by atoms with E-state index in [0.717, 1.165) is 5.56 Å². The second-order valence-electron chi connectivity index (χ2n) is 3.66. The fraction of sp³-hybridized carbons (Fsp3) is 0.273. The molecular formula is C11H10F3N3. The fourth-order valence-electron chi connectivity index (χ4n) is 1.56. The van der Waals surface area contributed by atoms with Gasteiger partial charge in [-0.2, -0.15) is 13.2 Å². The summed E-state index contributed by atoms with van der Waals surface area (Å²) < 4.78 is 37.7. The van der Waals surface area contributed by atoms with Crippen LogP contribution in [0.4, 0.5) is 19.0 Å². The summed E-state index contributed by atoms with van der Waals surface area (Å²) in [7, 11) is 1.53. The fourth-order valence-corrected chi connectivity index (χ4v) is 1.56. The van der Waals surface area contributed by atoms with Crippen molar-refractivity contribution in [1.82, 2.24) is 9.97 Å². The lowest BCUT2D eigenvalue weighted by molar-refractivity contribution is -0.144. The third-order valence-corrected chi connectivity index (χ3v) is 2.34. The van der Waals surface area contributed by atoms with Gasteiger partial charge in [0.1, 0.15) is 5.82 Å². The van der Waals surface area contributed by atoms with Crippen LogP contribution in [0.5, 0.6) is 0 Å². The SMILES string of the molecule is CNc1nc(C(F)(F)F)nc2ccc(C)cc12. The number of hydrogen-bond acceptors (Lipinski definition) is 3. The molecule has 6 heteroatoms. The normalized spacial score (nSPS) is 11.8. The van der Waals surface area contributed by atoms with Crippen LogP contribution in [0.15, 0.2) is 18.2 Å². The number of aromatic nitrogens is 2. The summed E-state index contributed by atoms with van der Waals surface area (Å²) in [4.78, 5) is 7.00. The van der Waals surface area contributed by atoms with Gasteiger partial charge < -0.3 is 5.32 Å². The van der Waals surface area contributed by atoms with Crippen LogP contribution >= 0.6 is 0 Å². The van der Waals surface area contributed by atoms with Gasteiger partial charge in [-0.3, -0.25) is 0 Å². The maximum absolute atomic E-state index is 12.6. The van der Waals surface area contributed by atoms with E-state index in [1.54, 1.807) is 18.2 Å². The van der Waals surface area contributed by atoms with Crippen molar-refractivity contribution < 1.29 is 13.2 Å².